The molecule has 1 saturated carbocycles. The van der Waals surface area contributed by atoms with E-state index in [1.54, 1.807) is 0 Å². The van der Waals surface area contributed by atoms with Gasteiger partial charge in [0.2, 0.25) is 10.0 Å². The monoisotopic (exact) mass is 374 g/mol. The van der Waals surface area contributed by atoms with E-state index in [1.165, 1.54) is 37.8 Å². The molecule has 2 fully saturated rings. The average Bonchev–Trinajstić information content (AvgIpc) is 3.18. The predicted octanol–water partition coefficient (Wildman–Crippen LogP) is 3.16. The molecule has 3 rings (SSSR count). The summed E-state index contributed by atoms with van der Waals surface area (Å²) in [5, 5.41) is 0.263. The van der Waals surface area contributed by atoms with Crippen LogP contribution >= 0.6 is 11.6 Å². The van der Waals surface area contributed by atoms with Crippen LogP contribution in [0.5, 0.6) is 0 Å². The third kappa shape index (κ3) is 4.69. The van der Waals surface area contributed by atoms with Crippen LogP contribution in [0.1, 0.15) is 37.7 Å². The molecular formula is C17H24ClFN2O2S. The Balaban J connectivity index is 1.50. The fraction of sp³-hybridized carbons (Fsp3) is 0.647. The number of nitrogens with one attached hydrogen (secondary N) is 1. The lowest BCUT2D eigenvalue weighted by atomic mass is 10.1. The molecule has 0 aromatic heterocycles. The Morgan fingerprint density at radius 2 is 2.00 bits per heavy atom. The number of sulfonamides is 1. The maximum atomic E-state index is 13.8. The summed E-state index contributed by atoms with van der Waals surface area (Å²) in [6.07, 6.45) is 6.19. The summed E-state index contributed by atoms with van der Waals surface area (Å²) >= 11 is 5.69. The summed E-state index contributed by atoms with van der Waals surface area (Å²) in [4.78, 5) is 2.50. The van der Waals surface area contributed by atoms with Gasteiger partial charge in [-0.15, -0.1) is 0 Å². The minimum Gasteiger partial charge on any atom is -0.300 e. The third-order valence-electron chi connectivity index (χ3n) is 5.11. The van der Waals surface area contributed by atoms with Gasteiger partial charge in [0.15, 0.2) is 0 Å². The van der Waals surface area contributed by atoms with Crippen LogP contribution in [0, 0.1) is 11.7 Å². The predicted molar refractivity (Wildman–Crippen MR) is 94.0 cm³/mol. The molecular weight excluding hydrogens is 351 g/mol. The lowest BCUT2D eigenvalue weighted by Crippen LogP contribution is -2.34. The first-order chi connectivity index (χ1) is 11.4. The van der Waals surface area contributed by atoms with Gasteiger partial charge in [-0.3, -0.25) is 0 Å². The zero-order chi connectivity index (χ0) is 17.2. The SMILES string of the molecule is O=S(=O)(Cc1ccc(Cl)cc1F)NCC1CCN(C2CCCC2)C1. The Labute approximate surface area is 148 Å². The molecule has 1 N–H and O–H groups in total. The highest BCUT2D eigenvalue weighted by Crippen LogP contribution is 2.28. The molecule has 1 unspecified atom stereocenters. The van der Waals surface area contributed by atoms with E-state index in [0.29, 0.717) is 18.5 Å². The molecule has 2 aliphatic rings. The highest BCUT2D eigenvalue weighted by molar-refractivity contribution is 7.88. The normalized spacial score (nSPS) is 23.2. The largest absolute Gasteiger partial charge is 0.300 e. The van der Waals surface area contributed by atoms with Gasteiger partial charge in [-0.2, -0.15) is 0 Å². The van der Waals surface area contributed by atoms with Crippen LogP contribution in [0.4, 0.5) is 4.39 Å². The summed E-state index contributed by atoms with van der Waals surface area (Å²) in [6.45, 7) is 2.45. The minimum atomic E-state index is -3.55. The summed E-state index contributed by atoms with van der Waals surface area (Å²) in [6, 6.07) is 4.76. The summed E-state index contributed by atoms with van der Waals surface area (Å²) in [7, 11) is -3.55. The second-order valence-electron chi connectivity index (χ2n) is 6.93. The van der Waals surface area contributed by atoms with E-state index in [0.717, 1.165) is 25.6 Å². The first-order valence-corrected chi connectivity index (χ1v) is 10.6. The van der Waals surface area contributed by atoms with Gasteiger partial charge in [-0.05, 0) is 43.9 Å². The van der Waals surface area contributed by atoms with Crippen LogP contribution in [-0.4, -0.2) is 39.0 Å². The molecule has 0 bridgehead atoms. The first kappa shape index (κ1) is 18.1. The van der Waals surface area contributed by atoms with E-state index in [-0.39, 0.29) is 16.3 Å². The van der Waals surface area contributed by atoms with E-state index in [1.807, 2.05) is 0 Å². The van der Waals surface area contributed by atoms with Crippen molar-refractivity contribution in [2.45, 2.75) is 43.9 Å². The van der Waals surface area contributed by atoms with Crippen molar-refractivity contribution in [1.82, 2.24) is 9.62 Å². The average molecular weight is 375 g/mol. The van der Waals surface area contributed by atoms with Crippen molar-refractivity contribution in [1.29, 1.82) is 0 Å². The van der Waals surface area contributed by atoms with E-state index in [2.05, 4.69) is 9.62 Å². The van der Waals surface area contributed by atoms with Crippen LogP contribution in [0.3, 0.4) is 0 Å². The molecule has 24 heavy (non-hydrogen) atoms. The highest BCUT2D eigenvalue weighted by Gasteiger charge is 2.30. The molecule has 7 heteroatoms. The Hall–Kier alpha value is -0.690. The van der Waals surface area contributed by atoms with Gasteiger partial charge in [0.25, 0.3) is 0 Å². The Kier molecular flexibility index (Phi) is 5.80. The van der Waals surface area contributed by atoms with Gasteiger partial charge in [0.1, 0.15) is 5.82 Å². The standard InChI is InChI=1S/C17H24ClFN2O2S/c18-15-6-5-14(17(19)9-15)12-24(22,23)20-10-13-7-8-21(11-13)16-3-1-2-4-16/h5-6,9,13,16,20H,1-4,7-8,10-12H2. The van der Waals surface area contributed by atoms with Crippen molar-refractivity contribution in [3.05, 3.63) is 34.6 Å². The van der Waals surface area contributed by atoms with E-state index in [9.17, 15) is 12.8 Å². The Morgan fingerprint density at radius 1 is 1.25 bits per heavy atom. The zero-order valence-electron chi connectivity index (χ0n) is 13.7. The quantitative estimate of drug-likeness (QED) is 0.832. The number of nitrogens with zero attached hydrogens (tertiary/aromatic N) is 1. The van der Waals surface area contributed by atoms with Crippen LogP contribution in [-0.2, 0) is 15.8 Å². The number of hydrogen-bond donors (Lipinski definition) is 1. The minimum absolute atomic E-state index is 0.144. The Morgan fingerprint density at radius 3 is 2.71 bits per heavy atom. The molecule has 1 aromatic rings. The molecule has 1 saturated heterocycles. The van der Waals surface area contributed by atoms with Gasteiger partial charge >= 0.3 is 0 Å². The van der Waals surface area contributed by atoms with Crippen LogP contribution in [0.25, 0.3) is 0 Å². The lowest BCUT2D eigenvalue weighted by molar-refractivity contribution is 0.237. The molecule has 1 atom stereocenters. The summed E-state index contributed by atoms with van der Waals surface area (Å²) < 4.78 is 40.8. The highest BCUT2D eigenvalue weighted by atomic mass is 35.5. The van der Waals surface area contributed by atoms with Crippen LogP contribution in [0.15, 0.2) is 18.2 Å². The number of halogens is 2. The molecule has 0 spiro atoms. The van der Waals surface area contributed by atoms with Crippen molar-refractivity contribution >= 4 is 21.6 Å². The maximum Gasteiger partial charge on any atom is 0.215 e. The van der Waals surface area contributed by atoms with Gasteiger partial charge in [-0.25, -0.2) is 17.5 Å². The first-order valence-electron chi connectivity index (χ1n) is 8.58. The van der Waals surface area contributed by atoms with Gasteiger partial charge in [0.05, 0.1) is 5.75 Å². The van der Waals surface area contributed by atoms with E-state index in [4.69, 9.17) is 11.6 Å². The maximum absolute atomic E-state index is 13.8. The van der Waals surface area contributed by atoms with E-state index < -0.39 is 15.8 Å². The van der Waals surface area contributed by atoms with Crippen molar-refractivity contribution in [2.24, 2.45) is 5.92 Å². The number of hydrogen-bond acceptors (Lipinski definition) is 3. The smallest absolute Gasteiger partial charge is 0.215 e. The Bertz CT molecular complexity index is 677. The van der Waals surface area contributed by atoms with Gasteiger partial charge < -0.3 is 4.90 Å². The van der Waals surface area contributed by atoms with Crippen molar-refractivity contribution in [3.63, 3.8) is 0 Å². The fourth-order valence-corrected chi connectivity index (χ4v) is 5.16. The fourth-order valence-electron chi connectivity index (χ4n) is 3.77. The van der Waals surface area contributed by atoms with Gasteiger partial charge in [-0.1, -0.05) is 30.5 Å². The number of benzene rings is 1. The van der Waals surface area contributed by atoms with Gasteiger partial charge in [0, 0.05) is 29.7 Å². The molecule has 0 radical (unpaired) electrons. The third-order valence-corrected chi connectivity index (χ3v) is 6.64. The molecule has 134 valence electrons. The van der Waals surface area contributed by atoms with Crippen molar-refractivity contribution < 1.29 is 12.8 Å². The number of rotatable bonds is 6. The molecule has 1 aromatic carbocycles. The molecule has 1 heterocycles. The molecule has 1 aliphatic carbocycles. The molecule has 1 aliphatic heterocycles. The van der Waals surface area contributed by atoms with Crippen molar-refractivity contribution in [3.8, 4) is 0 Å². The lowest BCUT2D eigenvalue weighted by Gasteiger charge is -2.23. The van der Waals surface area contributed by atoms with Crippen LogP contribution in [0.2, 0.25) is 5.02 Å². The summed E-state index contributed by atoms with van der Waals surface area (Å²) in [5.41, 5.74) is 0.144. The van der Waals surface area contributed by atoms with E-state index >= 15 is 0 Å². The summed E-state index contributed by atoms with van der Waals surface area (Å²) in [5.74, 6) is -0.591. The second kappa shape index (κ2) is 7.68. The second-order valence-corrected chi connectivity index (χ2v) is 9.17. The number of likely N-dealkylation sites (tertiary alicyclic amines) is 1. The van der Waals surface area contributed by atoms with Crippen LogP contribution < -0.4 is 4.72 Å². The topological polar surface area (TPSA) is 49.4 Å². The zero-order valence-corrected chi connectivity index (χ0v) is 15.3. The molecule has 0 amide bonds. The molecule has 4 nitrogen and oxygen atoms in total. The van der Waals surface area contributed by atoms with Crippen molar-refractivity contribution in [2.75, 3.05) is 19.6 Å².